The molecule has 0 aromatic heterocycles. The van der Waals surface area contributed by atoms with Crippen molar-refractivity contribution < 1.29 is 27.4 Å². The third kappa shape index (κ3) is 4.71. The van der Waals surface area contributed by atoms with Crippen LogP contribution in [0.15, 0.2) is 42.5 Å². The molecule has 2 aromatic rings. The van der Waals surface area contributed by atoms with E-state index in [9.17, 15) is 13.2 Å². The zero-order chi connectivity index (χ0) is 22.2. The number of amides is 1. The first-order valence-corrected chi connectivity index (χ1v) is 11.9. The summed E-state index contributed by atoms with van der Waals surface area (Å²) in [5.74, 6) is 1.32. The molecule has 0 fully saturated rings. The van der Waals surface area contributed by atoms with E-state index in [0.717, 1.165) is 21.9 Å². The van der Waals surface area contributed by atoms with E-state index in [0.29, 0.717) is 36.8 Å². The van der Waals surface area contributed by atoms with Gasteiger partial charge in [-0.1, -0.05) is 18.2 Å². The molecule has 4 rings (SSSR count). The number of ether oxygens (including phenoxy) is 3. The Balaban J connectivity index is 1.56. The minimum absolute atomic E-state index is 0.283. The highest BCUT2D eigenvalue weighted by Crippen LogP contribution is 2.39. The van der Waals surface area contributed by atoms with Crippen molar-refractivity contribution in [3.05, 3.63) is 48.0 Å². The van der Waals surface area contributed by atoms with Crippen molar-refractivity contribution in [1.29, 1.82) is 0 Å². The number of carbonyl (C=O) groups excluding carboxylic acids is 1. The lowest BCUT2D eigenvalue weighted by atomic mass is 9.89. The Kier molecular flexibility index (Phi) is 5.47. The number of rotatable bonds is 5. The molecule has 2 heterocycles. The van der Waals surface area contributed by atoms with Crippen molar-refractivity contribution in [2.45, 2.75) is 31.9 Å². The van der Waals surface area contributed by atoms with Crippen LogP contribution in [0.25, 0.3) is 0 Å². The molecular weight excluding hydrogens is 420 g/mol. The molecular formula is C22H26N2O6S. The summed E-state index contributed by atoms with van der Waals surface area (Å²) in [7, 11) is -3.71. The Morgan fingerprint density at radius 2 is 1.81 bits per heavy atom. The summed E-state index contributed by atoms with van der Waals surface area (Å²) in [6, 6.07) is 12.1. The smallest absolute Gasteiger partial charge is 0.241 e. The van der Waals surface area contributed by atoms with Crippen LogP contribution < -0.4 is 23.8 Å². The van der Waals surface area contributed by atoms with Gasteiger partial charge < -0.3 is 19.5 Å². The van der Waals surface area contributed by atoms with Crippen molar-refractivity contribution in [1.82, 2.24) is 5.32 Å². The SMILES string of the molecule is CC1(C)C[C@@H](NC(=O)CN(c2ccc3c(c2)OCCO3)S(C)(=O)=O)c2ccccc2O1. The molecule has 0 saturated carbocycles. The number of hydrogen-bond acceptors (Lipinski definition) is 6. The van der Waals surface area contributed by atoms with Gasteiger partial charge in [0.2, 0.25) is 15.9 Å². The predicted molar refractivity (Wildman–Crippen MR) is 116 cm³/mol. The van der Waals surface area contributed by atoms with Gasteiger partial charge in [-0.25, -0.2) is 8.42 Å². The second-order valence-electron chi connectivity index (χ2n) is 8.32. The summed E-state index contributed by atoms with van der Waals surface area (Å²) < 4.78 is 43.1. The van der Waals surface area contributed by atoms with Crippen LogP contribution >= 0.6 is 0 Å². The summed E-state index contributed by atoms with van der Waals surface area (Å²) in [5.41, 5.74) is 0.758. The van der Waals surface area contributed by atoms with Crippen LogP contribution in [0, 0.1) is 0 Å². The predicted octanol–water partition coefficient (Wildman–Crippen LogP) is 2.64. The van der Waals surface area contributed by atoms with E-state index in [4.69, 9.17) is 14.2 Å². The Hall–Kier alpha value is -2.94. The number of para-hydroxylation sites is 1. The van der Waals surface area contributed by atoms with Gasteiger partial charge in [0.05, 0.1) is 18.0 Å². The molecule has 0 bridgehead atoms. The summed E-state index contributed by atoms with van der Waals surface area (Å²) in [4.78, 5) is 12.9. The second-order valence-corrected chi connectivity index (χ2v) is 10.2. The van der Waals surface area contributed by atoms with Crippen molar-refractivity contribution in [3.63, 3.8) is 0 Å². The molecule has 0 aliphatic carbocycles. The highest BCUT2D eigenvalue weighted by atomic mass is 32.2. The number of nitrogens with one attached hydrogen (secondary N) is 1. The maximum absolute atomic E-state index is 12.9. The first kappa shape index (κ1) is 21.3. The molecule has 2 aliphatic heterocycles. The molecule has 0 unspecified atom stereocenters. The van der Waals surface area contributed by atoms with Crippen molar-refractivity contribution in [3.8, 4) is 17.2 Å². The maximum atomic E-state index is 12.9. The summed E-state index contributed by atoms with van der Waals surface area (Å²) in [5, 5.41) is 2.98. The Morgan fingerprint density at radius 1 is 1.10 bits per heavy atom. The van der Waals surface area contributed by atoms with Crippen LogP contribution in [0.5, 0.6) is 17.2 Å². The standard InChI is InChI=1S/C22H26N2O6S/c1-22(2)13-17(16-6-4-5-7-18(16)30-22)23-21(25)14-24(31(3,26)27)15-8-9-19-20(12-15)29-11-10-28-19/h4-9,12,17H,10-11,13-14H2,1-3H3,(H,23,25)/t17-/m1/s1. The zero-order valence-electron chi connectivity index (χ0n) is 17.8. The largest absolute Gasteiger partial charge is 0.487 e. The number of anilines is 1. The third-order valence-corrected chi connectivity index (χ3v) is 6.35. The van der Waals surface area contributed by atoms with Crippen LogP contribution in [-0.4, -0.2) is 45.9 Å². The molecule has 2 aromatic carbocycles. The summed E-state index contributed by atoms with van der Waals surface area (Å²) >= 11 is 0. The quantitative estimate of drug-likeness (QED) is 0.759. The topological polar surface area (TPSA) is 94.2 Å². The molecule has 0 spiro atoms. The Morgan fingerprint density at radius 3 is 2.55 bits per heavy atom. The molecule has 9 heteroatoms. The first-order chi connectivity index (χ1) is 14.6. The lowest BCUT2D eigenvalue weighted by Gasteiger charge is -2.38. The molecule has 2 aliphatic rings. The Bertz CT molecular complexity index is 1100. The van der Waals surface area contributed by atoms with Gasteiger partial charge >= 0.3 is 0 Å². The first-order valence-electron chi connectivity index (χ1n) is 10.1. The van der Waals surface area contributed by atoms with E-state index >= 15 is 0 Å². The average molecular weight is 447 g/mol. The molecule has 166 valence electrons. The number of nitrogens with zero attached hydrogens (tertiary/aromatic N) is 1. The monoisotopic (exact) mass is 446 g/mol. The molecule has 31 heavy (non-hydrogen) atoms. The van der Waals surface area contributed by atoms with E-state index < -0.39 is 21.5 Å². The number of benzene rings is 2. The number of hydrogen-bond donors (Lipinski definition) is 1. The van der Waals surface area contributed by atoms with Crippen LogP contribution in [-0.2, 0) is 14.8 Å². The molecule has 1 atom stereocenters. The third-order valence-electron chi connectivity index (χ3n) is 5.21. The van der Waals surface area contributed by atoms with Gasteiger partial charge in [-0.2, -0.15) is 0 Å². The van der Waals surface area contributed by atoms with Crippen molar-refractivity contribution in [2.24, 2.45) is 0 Å². The van der Waals surface area contributed by atoms with Gasteiger partial charge in [-0.15, -0.1) is 0 Å². The maximum Gasteiger partial charge on any atom is 0.241 e. The van der Waals surface area contributed by atoms with E-state index in [2.05, 4.69) is 5.32 Å². The molecule has 8 nitrogen and oxygen atoms in total. The average Bonchev–Trinajstić information content (AvgIpc) is 2.70. The molecule has 0 saturated heterocycles. The minimum atomic E-state index is -3.71. The van der Waals surface area contributed by atoms with Crippen molar-refractivity contribution in [2.75, 3.05) is 30.3 Å². The van der Waals surface area contributed by atoms with Crippen LogP contribution in [0.4, 0.5) is 5.69 Å². The normalized spacial score (nSPS) is 19.0. The lowest BCUT2D eigenvalue weighted by molar-refractivity contribution is -0.120. The Labute approximate surface area is 182 Å². The fourth-order valence-corrected chi connectivity index (χ4v) is 4.74. The van der Waals surface area contributed by atoms with Crippen molar-refractivity contribution >= 4 is 21.6 Å². The van der Waals surface area contributed by atoms with E-state index in [1.807, 2.05) is 38.1 Å². The summed E-state index contributed by atoms with van der Waals surface area (Å²) in [6.07, 6.45) is 1.64. The van der Waals surface area contributed by atoms with Crippen LogP contribution in [0.2, 0.25) is 0 Å². The minimum Gasteiger partial charge on any atom is -0.487 e. The molecule has 1 N–H and O–H groups in total. The fourth-order valence-electron chi connectivity index (χ4n) is 3.89. The fraction of sp³-hybridized carbons (Fsp3) is 0.409. The van der Waals surface area contributed by atoms with Crippen LogP contribution in [0.1, 0.15) is 31.9 Å². The van der Waals surface area contributed by atoms with Gasteiger partial charge in [0, 0.05) is 18.1 Å². The highest BCUT2D eigenvalue weighted by molar-refractivity contribution is 7.92. The number of fused-ring (bicyclic) bond motifs is 2. The number of carbonyl (C=O) groups is 1. The van der Waals surface area contributed by atoms with Gasteiger partial charge in [0.15, 0.2) is 11.5 Å². The van der Waals surface area contributed by atoms with E-state index in [1.54, 1.807) is 18.2 Å². The molecule has 0 radical (unpaired) electrons. The van der Waals surface area contributed by atoms with Gasteiger partial charge in [0.25, 0.3) is 0 Å². The zero-order valence-corrected chi connectivity index (χ0v) is 18.6. The second kappa shape index (κ2) is 7.96. The van der Waals surface area contributed by atoms with E-state index in [1.165, 1.54) is 0 Å². The van der Waals surface area contributed by atoms with Gasteiger partial charge in [-0.3, -0.25) is 9.10 Å². The van der Waals surface area contributed by atoms with Gasteiger partial charge in [0.1, 0.15) is 31.1 Å². The van der Waals surface area contributed by atoms with E-state index in [-0.39, 0.29) is 12.6 Å². The van der Waals surface area contributed by atoms with Gasteiger partial charge in [-0.05, 0) is 32.0 Å². The summed E-state index contributed by atoms with van der Waals surface area (Å²) in [6.45, 7) is 4.39. The highest BCUT2D eigenvalue weighted by Gasteiger charge is 2.35. The van der Waals surface area contributed by atoms with Crippen LogP contribution in [0.3, 0.4) is 0 Å². The molecule has 1 amide bonds. The lowest BCUT2D eigenvalue weighted by Crippen LogP contribution is -2.45. The number of sulfonamides is 1.